The van der Waals surface area contributed by atoms with E-state index in [2.05, 4.69) is 26.2 Å². The first-order valence-corrected chi connectivity index (χ1v) is 5.40. The van der Waals surface area contributed by atoms with Gasteiger partial charge >= 0.3 is 0 Å². The molecular formula is C10H12BrN3O2. The fraction of sp³-hybridized carbons (Fsp3) is 0.300. The van der Waals surface area contributed by atoms with E-state index in [9.17, 15) is 9.59 Å². The SMILES string of the molecule is CNC(=O)CN(C)C(=O)c1cncc(Br)c1. The molecule has 0 bridgehead atoms. The highest BCUT2D eigenvalue weighted by Gasteiger charge is 2.14. The van der Waals surface area contributed by atoms with Crippen LogP contribution in [0.2, 0.25) is 0 Å². The summed E-state index contributed by atoms with van der Waals surface area (Å²) >= 11 is 3.23. The van der Waals surface area contributed by atoms with Crippen LogP contribution in [0.1, 0.15) is 10.4 Å². The normalized spacial score (nSPS) is 9.69. The summed E-state index contributed by atoms with van der Waals surface area (Å²) in [5, 5.41) is 2.46. The van der Waals surface area contributed by atoms with Crippen molar-refractivity contribution in [2.24, 2.45) is 0 Å². The van der Waals surface area contributed by atoms with E-state index in [1.54, 1.807) is 19.3 Å². The molecule has 2 amide bonds. The molecule has 0 saturated carbocycles. The van der Waals surface area contributed by atoms with Gasteiger partial charge in [0.15, 0.2) is 0 Å². The number of pyridine rings is 1. The van der Waals surface area contributed by atoms with Crippen molar-refractivity contribution >= 4 is 27.7 Å². The van der Waals surface area contributed by atoms with Gasteiger partial charge in [0, 0.05) is 31.0 Å². The number of nitrogens with zero attached hydrogens (tertiary/aromatic N) is 2. The first kappa shape index (κ1) is 12.6. The highest BCUT2D eigenvalue weighted by Crippen LogP contribution is 2.10. The number of amides is 2. The summed E-state index contributed by atoms with van der Waals surface area (Å²) in [6.07, 6.45) is 3.06. The van der Waals surface area contributed by atoms with Gasteiger partial charge < -0.3 is 10.2 Å². The molecule has 5 nitrogen and oxygen atoms in total. The Balaban J connectivity index is 2.74. The van der Waals surface area contributed by atoms with Gasteiger partial charge in [-0.3, -0.25) is 14.6 Å². The minimum atomic E-state index is -0.239. The molecule has 0 saturated heterocycles. The smallest absolute Gasteiger partial charge is 0.255 e. The van der Waals surface area contributed by atoms with Crippen LogP contribution in [0.3, 0.4) is 0 Å². The van der Waals surface area contributed by atoms with Crippen molar-refractivity contribution in [1.29, 1.82) is 0 Å². The Bertz CT molecular complexity index is 409. The average Bonchev–Trinajstić information content (AvgIpc) is 2.27. The molecular weight excluding hydrogens is 274 g/mol. The molecule has 1 rings (SSSR count). The maximum atomic E-state index is 11.8. The number of carbonyl (C=O) groups excluding carboxylic acids is 2. The molecule has 0 fully saturated rings. The molecule has 0 unspecified atom stereocenters. The van der Waals surface area contributed by atoms with Crippen molar-refractivity contribution in [3.05, 3.63) is 28.5 Å². The van der Waals surface area contributed by atoms with Gasteiger partial charge in [0.1, 0.15) is 0 Å². The zero-order chi connectivity index (χ0) is 12.1. The van der Waals surface area contributed by atoms with E-state index in [1.165, 1.54) is 18.1 Å². The van der Waals surface area contributed by atoms with Crippen molar-refractivity contribution in [3.8, 4) is 0 Å². The summed E-state index contributed by atoms with van der Waals surface area (Å²) in [4.78, 5) is 28.2. The molecule has 0 atom stereocenters. The third-order valence-electron chi connectivity index (χ3n) is 1.96. The van der Waals surface area contributed by atoms with Gasteiger partial charge in [0.25, 0.3) is 5.91 Å². The monoisotopic (exact) mass is 285 g/mol. The van der Waals surface area contributed by atoms with E-state index >= 15 is 0 Å². The van der Waals surface area contributed by atoms with E-state index in [1.807, 2.05) is 0 Å². The van der Waals surface area contributed by atoms with Gasteiger partial charge in [0.2, 0.25) is 5.91 Å². The fourth-order valence-corrected chi connectivity index (χ4v) is 1.48. The molecule has 0 radical (unpaired) electrons. The molecule has 0 aliphatic rings. The zero-order valence-electron chi connectivity index (χ0n) is 9.03. The Labute approximate surface area is 102 Å². The van der Waals surface area contributed by atoms with Gasteiger partial charge in [0.05, 0.1) is 12.1 Å². The fourth-order valence-electron chi connectivity index (χ4n) is 1.12. The van der Waals surface area contributed by atoms with E-state index in [0.29, 0.717) is 5.56 Å². The second-order valence-corrected chi connectivity index (χ2v) is 4.14. The van der Waals surface area contributed by atoms with Crippen LogP contribution in [0.4, 0.5) is 0 Å². The number of hydrogen-bond acceptors (Lipinski definition) is 3. The molecule has 0 aliphatic heterocycles. The summed E-state index contributed by atoms with van der Waals surface area (Å²) < 4.78 is 0.728. The van der Waals surface area contributed by atoms with Crippen molar-refractivity contribution in [1.82, 2.24) is 15.2 Å². The Hall–Kier alpha value is -1.43. The molecule has 6 heteroatoms. The van der Waals surface area contributed by atoms with Crippen molar-refractivity contribution in [2.45, 2.75) is 0 Å². The predicted molar refractivity (Wildman–Crippen MR) is 63.0 cm³/mol. The van der Waals surface area contributed by atoms with Crippen LogP contribution >= 0.6 is 15.9 Å². The average molecular weight is 286 g/mol. The lowest BCUT2D eigenvalue weighted by atomic mass is 10.2. The van der Waals surface area contributed by atoms with Crippen LogP contribution in [-0.2, 0) is 4.79 Å². The summed E-state index contributed by atoms with van der Waals surface area (Å²) in [6.45, 7) is 0.0296. The molecule has 1 aromatic rings. The van der Waals surface area contributed by atoms with Crippen molar-refractivity contribution in [3.63, 3.8) is 0 Å². The Morgan fingerprint density at radius 2 is 2.19 bits per heavy atom. The van der Waals surface area contributed by atoms with Gasteiger partial charge in [-0.15, -0.1) is 0 Å². The van der Waals surface area contributed by atoms with Crippen LogP contribution in [0.15, 0.2) is 22.9 Å². The highest BCUT2D eigenvalue weighted by atomic mass is 79.9. The molecule has 86 valence electrons. The second kappa shape index (κ2) is 5.60. The van der Waals surface area contributed by atoms with E-state index in [-0.39, 0.29) is 18.4 Å². The van der Waals surface area contributed by atoms with Gasteiger partial charge in [-0.05, 0) is 22.0 Å². The standard InChI is InChI=1S/C10H12BrN3O2/c1-12-9(15)6-14(2)10(16)7-3-8(11)5-13-4-7/h3-5H,6H2,1-2H3,(H,12,15). The van der Waals surface area contributed by atoms with E-state index in [0.717, 1.165) is 4.47 Å². The van der Waals surface area contributed by atoms with Crippen LogP contribution in [0.5, 0.6) is 0 Å². The van der Waals surface area contributed by atoms with Crippen LogP contribution in [0, 0.1) is 0 Å². The maximum Gasteiger partial charge on any atom is 0.255 e. The highest BCUT2D eigenvalue weighted by molar-refractivity contribution is 9.10. The third kappa shape index (κ3) is 3.30. The van der Waals surface area contributed by atoms with Crippen molar-refractivity contribution in [2.75, 3.05) is 20.6 Å². The molecule has 0 spiro atoms. The Kier molecular flexibility index (Phi) is 4.42. The van der Waals surface area contributed by atoms with E-state index < -0.39 is 0 Å². The minimum absolute atomic E-state index is 0.0296. The summed E-state index contributed by atoms with van der Waals surface area (Å²) in [5.74, 6) is -0.448. The Morgan fingerprint density at radius 3 is 2.75 bits per heavy atom. The summed E-state index contributed by atoms with van der Waals surface area (Å²) in [7, 11) is 3.10. The van der Waals surface area contributed by atoms with Gasteiger partial charge in [-0.2, -0.15) is 0 Å². The zero-order valence-corrected chi connectivity index (χ0v) is 10.6. The largest absolute Gasteiger partial charge is 0.358 e. The topological polar surface area (TPSA) is 62.3 Å². The lowest BCUT2D eigenvalue weighted by Crippen LogP contribution is -2.36. The summed E-state index contributed by atoms with van der Waals surface area (Å²) in [6, 6.07) is 1.66. The number of carbonyl (C=O) groups is 2. The number of rotatable bonds is 3. The quantitative estimate of drug-likeness (QED) is 0.888. The Morgan fingerprint density at radius 1 is 1.50 bits per heavy atom. The maximum absolute atomic E-state index is 11.8. The number of likely N-dealkylation sites (N-methyl/N-ethyl adjacent to an activating group) is 2. The van der Waals surface area contributed by atoms with Crippen LogP contribution in [-0.4, -0.2) is 42.3 Å². The molecule has 0 aliphatic carbocycles. The van der Waals surface area contributed by atoms with Crippen LogP contribution in [0.25, 0.3) is 0 Å². The van der Waals surface area contributed by atoms with Crippen molar-refractivity contribution < 1.29 is 9.59 Å². The lowest BCUT2D eigenvalue weighted by molar-refractivity contribution is -0.121. The number of halogens is 1. The van der Waals surface area contributed by atoms with Gasteiger partial charge in [-0.1, -0.05) is 0 Å². The molecule has 16 heavy (non-hydrogen) atoms. The molecule has 0 aromatic carbocycles. The number of hydrogen-bond donors (Lipinski definition) is 1. The second-order valence-electron chi connectivity index (χ2n) is 3.23. The minimum Gasteiger partial charge on any atom is -0.358 e. The number of nitrogens with one attached hydrogen (secondary N) is 1. The molecule has 1 N–H and O–H groups in total. The lowest BCUT2D eigenvalue weighted by Gasteiger charge is -2.15. The van der Waals surface area contributed by atoms with E-state index in [4.69, 9.17) is 0 Å². The molecule has 1 heterocycles. The summed E-state index contributed by atoms with van der Waals surface area (Å²) in [5.41, 5.74) is 0.445. The predicted octanol–water partition coefficient (Wildman–Crippen LogP) is 0.662. The third-order valence-corrected chi connectivity index (χ3v) is 2.39. The van der Waals surface area contributed by atoms with Crippen LogP contribution < -0.4 is 5.32 Å². The molecule has 1 aromatic heterocycles. The first-order chi connectivity index (χ1) is 7.54. The number of aromatic nitrogens is 1. The van der Waals surface area contributed by atoms with Gasteiger partial charge in [-0.25, -0.2) is 0 Å². The first-order valence-electron chi connectivity index (χ1n) is 4.61.